The first-order chi connectivity index (χ1) is 8.58. The van der Waals surface area contributed by atoms with E-state index in [1.54, 1.807) is 6.07 Å². The quantitative estimate of drug-likeness (QED) is 0.812. The van der Waals surface area contributed by atoms with Crippen molar-refractivity contribution in [3.63, 3.8) is 0 Å². The largest absolute Gasteiger partial charge is 0.381 e. The molecule has 0 fully saturated rings. The number of hydrogen-bond donors (Lipinski definition) is 1. The molecule has 0 spiro atoms. The summed E-state index contributed by atoms with van der Waals surface area (Å²) in [6, 6.07) is 12.0. The molecule has 0 aromatic heterocycles. The molecule has 0 amide bonds. The van der Waals surface area contributed by atoms with Crippen molar-refractivity contribution in [1.29, 1.82) is 0 Å². The molecule has 1 nitrogen and oxygen atoms in total. The molecule has 0 aliphatic heterocycles. The Labute approximate surface area is 118 Å². The molecule has 2 aromatic rings. The number of nitrogens with one attached hydrogen (secondary N) is 1. The summed E-state index contributed by atoms with van der Waals surface area (Å²) in [7, 11) is 0. The highest BCUT2D eigenvalue weighted by Crippen LogP contribution is 2.26. The number of halogens is 2. The topological polar surface area (TPSA) is 12.0 Å². The molecular weight excluding hydrogens is 265 g/mol. The highest BCUT2D eigenvalue weighted by molar-refractivity contribution is 6.42. The summed E-state index contributed by atoms with van der Waals surface area (Å²) in [6.07, 6.45) is 0. The van der Waals surface area contributed by atoms with E-state index in [-0.39, 0.29) is 0 Å². The zero-order valence-corrected chi connectivity index (χ0v) is 11.9. The minimum absolute atomic E-state index is 0.594. The van der Waals surface area contributed by atoms with Crippen LogP contribution >= 0.6 is 23.2 Å². The molecule has 0 radical (unpaired) electrons. The Morgan fingerprint density at radius 2 is 1.83 bits per heavy atom. The van der Waals surface area contributed by atoms with Gasteiger partial charge >= 0.3 is 0 Å². The summed E-state index contributed by atoms with van der Waals surface area (Å²) in [5.41, 5.74) is 4.59. The Kier molecular flexibility index (Phi) is 4.15. The molecule has 0 atom stereocenters. The fourth-order valence-corrected chi connectivity index (χ4v) is 2.19. The molecule has 3 heteroatoms. The smallest absolute Gasteiger partial charge is 0.0642 e. The van der Waals surface area contributed by atoms with Gasteiger partial charge in [-0.3, -0.25) is 0 Å². The molecule has 0 aliphatic rings. The number of benzene rings is 2. The van der Waals surface area contributed by atoms with E-state index in [0.29, 0.717) is 16.6 Å². The second kappa shape index (κ2) is 5.64. The Balaban J connectivity index is 2.16. The Hall–Kier alpha value is -1.18. The maximum absolute atomic E-state index is 6.16. The second-order valence-corrected chi connectivity index (χ2v) is 5.17. The van der Waals surface area contributed by atoms with Crippen molar-refractivity contribution in [2.75, 3.05) is 5.32 Å². The van der Waals surface area contributed by atoms with Crippen LogP contribution in [0.15, 0.2) is 36.4 Å². The van der Waals surface area contributed by atoms with Gasteiger partial charge in [-0.15, -0.1) is 0 Å². The zero-order valence-electron chi connectivity index (χ0n) is 10.4. The van der Waals surface area contributed by atoms with Crippen LogP contribution in [0, 0.1) is 13.8 Å². The fraction of sp³-hybridized carbons (Fsp3) is 0.200. The van der Waals surface area contributed by atoms with Gasteiger partial charge in [-0.1, -0.05) is 47.5 Å². The summed E-state index contributed by atoms with van der Waals surface area (Å²) < 4.78 is 0. The van der Waals surface area contributed by atoms with Gasteiger partial charge in [0.15, 0.2) is 0 Å². The summed E-state index contributed by atoms with van der Waals surface area (Å²) in [4.78, 5) is 0. The van der Waals surface area contributed by atoms with Crippen LogP contribution in [0.4, 0.5) is 5.69 Å². The van der Waals surface area contributed by atoms with Crippen molar-refractivity contribution in [2.24, 2.45) is 0 Å². The van der Waals surface area contributed by atoms with E-state index in [4.69, 9.17) is 23.2 Å². The van der Waals surface area contributed by atoms with E-state index in [0.717, 1.165) is 11.3 Å². The van der Waals surface area contributed by atoms with Crippen LogP contribution in [-0.4, -0.2) is 0 Å². The molecular formula is C15H15Cl2N. The van der Waals surface area contributed by atoms with Gasteiger partial charge in [-0.05, 0) is 42.7 Å². The second-order valence-electron chi connectivity index (χ2n) is 4.38. The lowest BCUT2D eigenvalue weighted by molar-refractivity contribution is 1.14. The predicted molar refractivity (Wildman–Crippen MR) is 79.7 cm³/mol. The third kappa shape index (κ3) is 2.98. The van der Waals surface area contributed by atoms with E-state index in [9.17, 15) is 0 Å². The Bertz CT molecular complexity index is 562. The van der Waals surface area contributed by atoms with Crippen LogP contribution in [0.25, 0.3) is 0 Å². The summed E-state index contributed by atoms with van der Waals surface area (Å²) in [6.45, 7) is 4.84. The lowest BCUT2D eigenvalue weighted by Crippen LogP contribution is -2.02. The third-order valence-corrected chi connectivity index (χ3v) is 3.75. The zero-order chi connectivity index (χ0) is 13.1. The number of rotatable bonds is 3. The first-order valence-corrected chi connectivity index (χ1v) is 6.57. The maximum Gasteiger partial charge on any atom is 0.0642 e. The van der Waals surface area contributed by atoms with Gasteiger partial charge in [0.25, 0.3) is 0 Å². The molecule has 2 rings (SSSR count). The van der Waals surface area contributed by atoms with Gasteiger partial charge in [-0.2, -0.15) is 0 Å². The van der Waals surface area contributed by atoms with Gasteiger partial charge in [0.1, 0.15) is 0 Å². The van der Waals surface area contributed by atoms with Crippen LogP contribution in [0.2, 0.25) is 10.0 Å². The third-order valence-electron chi connectivity index (χ3n) is 2.89. The number of hydrogen-bond acceptors (Lipinski definition) is 1. The van der Waals surface area contributed by atoms with Gasteiger partial charge in [0, 0.05) is 12.2 Å². The van der Waals surface area contributed by atoms with Crippen LogP contribution in [0.1, 0.15) is 16.7 Å². The predicted octanol–water partition coefficient (Wildman–Crippen LogP) is 5.22. The van der Waals surface area contributed by atoms with E-state index in [2.05, 4.69) is 37.4 Å². The van der Waals surface area contributed by atoms with Gasteiger partial charge in [0.05, 0.1) is 10.0 Å². The van der Waals surface area contributed by atoms with Crippen molar-refractivity contribution >= 4 is 28.9 Å². The molecule has 18 heavy (non-hydrogen) atoms. The highest BCUT2D eigenvalue weighted by atomic mass is 35.5. The lowest BCUT2D eigenvalue weighted by Gasteiger charge is -2.12. The average molecular weight is 280 g/mol. The van der Waals surface area contributed by atoms with Crippen molar-refractivity contribution in [3.05, 3.63) is 63.1 Å². The van der Waals surface area contributed by atoms with Crippen LogP contribution in [0.5, 0.6) is 0 Å². The van der Waals surface area contributed by atoms with E-state index >= 15 is 0 Å². The SMILES string of the molecule is Cc1ccc(C)c(NCc2cccc(Cl)c2Cl)c1. The summed E-state index contributed by atoms with van der Waals surface area (Å²) >= 11 is 12.2. The molecule has 0 aliphatic carbocycles. The van der Waals surface area contributed by atoms with Crippen molar-refractivity contribution in [1.82, 2.24) is 0 Å². The number of anilines is 1. The van der Waals surface area contributed by atoms with Crippen molar-refractivity contribution in [3.8, 4) is 0 Å². The van der Waals surface area contributed by atoms with E-state index in [1.165, 1.54) is 11.1 Å². The first kappa shape index (κ1) is 13.3. The first-order valence-electron chi connectivity index (χ1n) is 5.82. The van der Waals surface area contributed by atoms with Gasteiger partial charge in [-0.25, -0.2) is 0 Å². The maximum atomic E-state index is 6.16. The molecule has 0 bridgehead atoms. The van der Waals surface area contributed by atoms with Crippen molar-refractivity contribution in [2.45, 2.75) is 20.4 Å². The van der Waals surface area contributed by atoms with Crippen LogP contribution in [-0.2, 0) is 6.54 Å². The summed E-state index contributed by atoms with van der Waals surface area (Å²) in [5, 5.41) is 4.61. The van der Waals surface area contributed by atoms with Gasteiger partial charge in [0.2, 0.25) is 0 Å². The molecule has 0 unspecified atom stereocenters. The lowest BCUT2D eigenvalue weighted by atomic mass is 10.1. The fourth-order valence-electron chi connectivity index (χ4n) is 1.80. The molecule has 0 heterocycles. The summed E-state index contributed by atoms with van der Waals surface area (Å²) in [5.74, 6) is 0. The Morgan fingerprint density at radius 1 is 1.06 bits per heavy atom. The van der Waals surface area contributed by atoms with E-state index in [1.807, 2.05) is 12.1 Å². The molecule has 0 saturated carbocycles. The minimum Gasteiger partial charge on any atom is -0.381 e. The minimum atomic E-state index is 0.594. The molecule has 2 aromatic carbocycles. The molecule has 0 saturated heterocycles. The van der Waals surface area contributed by atoms with Gasteiger partial charge < -0.3 is 5.32 Å². The Morgan fingerprint density at radius 3 is 2.61 bits per heavy atom. The van der Waals surface area contributed by atoms with Crippen LogP contribution in [0.3, 0.4) is 0 Å². The average Bonchev–Trinajstić information content (AvgIpc) is 2.35. The van der Waals surface area contributed by atoms with E-state index < -0.39 is 0 Å². The number of aryl methyl sites for hydroxylation is 2. The monoisotopic (exact) mass is 279 g/mol. The van der Waals surface area contributed by atoms with Crippen molar-refractivity contribution < 1.29 is 0 Å². The normalized spacial score (nSPS) is 10.4. The van der Waals surface area contributed by atoms with Crippen LogP contribution < -0.4 is 5.32 Å². The molecule has 94 valence electrons. The molecule has 1 N–H and O–H groups in total. The standard InChI is InChI=1S/C15H15Cl2N/c1-10-6-7-11(2)14(8-10)18-9-12-4-3-5-13(16)15(12)17/h3-8,18H,9H2,1-2H3. The highest BCUT2D eigenvalue weighted by Gasteiger charge is 2.05.